The van der Waals surface area contributed by atoms with Gasteiger partial charge in [0, 0.05) is 12.6 Å². The normalized spacial score (nSPS) is 21.1. The van der Waals surface area contributed by atoms with Crippen LogP contribution >= 0.6 is 11.5 Å². The Hall–Kier alpha value is -1.01. The molecule has 0 aliphatic carbocycles. The molecule has 1 aromatic heterocycles. The van der Waals surface area contributed by atoms with E-state index in [1.807, 2.05) is 0 Å². The Balaban J connectivity index is 1.98. The van der Waals surface area contributed by atoms with Crippen molar-refractivity contribution in [1.29, 1.82) is 0 Å². The lowest BCUT2D eigenvalue weighted by atomic mass is 10.2. The number of aryl methyl sites for hydroxylation is 1. The van der Waals surface area contributed by atoms with Crippen LogP contribution in [0.25, 0.3) is 0 Å². The third-order valence-electron chi connectivity index (χ3n) is 2.25. The van der Waals surface area contributed by atoms with Gasteiger partial charge in [0.1, 0.15) is 4.88 Å². The van der Waals surface area contributed by atoms with Crippen molar-refractivity contribution in [2.75, 3.05) is 13.1 Å². The zero-order chi connectivity index (χ0) is 9.97. The Morgan fingerprint density at radius 2 is 2.57 bits per heavy atom. The predicted octanol–water partition coefficient (Wildman–Crippen LogP) is -0.0618. The number of carbonyl (C=O) groups excluding carboxylic acids is 1. The molecule has 14 heavy (non-hydrogen) atoms. The number of carbonyl (C=O) groups is 1. The van der Waals surface area contributed by atoms with Crippen molar-refractivity contribution in [2.45, 2.75) is 19.4 Å². The molecule has 2 rings (SSSR count). The summed E-state index contributed by atoms with van der Waals surface area (Å²) >= 11 is 1.15. The van der Waals surface area contributed by atoms with Gasteiger partial charge < -0.3 is 10.6 Å². The van der Waals surface area contributed by atoms with Crippen LogP contribution in [0.4, 0.5) is 0 Å². The molecule has 0 saturated carbocycles. The summed E-state index contributed by atoms with van der Waals surface area (Å²) in [6.07, 6.45) is 0.997. The lowest BCUT2D eigenvalue weighted by Crippen LogP contribution is -2.36. The van der Waals surface area contributed by atoms with Gasteiger partial charge in [0.25, 0.3) is 5.91 Å². The fourth-order valence-electron chi connectivity index (χ4n) is 1.47. The minimum atomic E-state index is -0.0498. The van der Waals surface area contributed by atoms with Gasteiger partial charge in [0.15, 0.2) is 0 Å². The molecule has 5 nitrogen and oxygen atoms in total. The molecule has 1 aliphatic heterocycles. The largest absolute Gasteiger partial charge is 0.347 e. The van der Waals surface area contributed by atoms with Crippen LogP contribution < -0.4 is 10.6 Å². The Bertz CT molecular complexity index is 332. The standard InChI is InChI=1S/C8H12N4OS/c1-5-7(14-12-11-5)8(13)10-6-2-3-9-4-6/h6,9H,2-4H2,1H3,(H,10,13). The highest BCUT2D eigenvalue weighted by Crippen LogP contribution is 2.09. The number of amides is 1. The lowest BCUT2D eigenvalue weighted by molar-refractivity contribution is 0.0943. The average molecular weight is 212 g/mol. The zero-order valence-electron chi connectivity index (χ0n) is 7.91. The molecule has 1 unspecified atom stereocenters. The molecule has 2 N–H and O–H groups in total. The first kappa shape index (κ1) is 9.54. The molecule has 6 heteroatoms. The van der Waals surface area contributed by atoms with Crippen LogP contribution in [-0.2, 0) is 0 Å². The van der Waals surface area contributed by atoms with E-state index >= 15 is 0 Å². The van der Waals surface area contributed by atoms with Crippen LogP contribution in [0.15, 0.2) is 0 Å². The van der Waals surface area contributed by atoms with Crippen molar-refractivity contribution >= 4 is 17.4 Å². The summed E-state index contributed by atoms with van der Waals surface area (Å²) < 4.78 is 3.73. The van der Waals surface area contributed by atoms with Crippen molar-refractivity contribution in [3.63, 3.8) is 0 Å². The van der Waals surface area contributed by atoms with Gasteiger partial charge in [-0.1, -0.05) is 4.49 Å². The molecule has 0 spiro atoms. The van der Waals surface area contributed by atoms with Gasteiger partial charge in [-0.3, -0.25) is 4.79 Å². The van der Waals surface area contributed by atoms with Crippen molar-refractivity contribution < 1.29 is 4.79 Å². The third-order valence-corrected chi connectivity index (χ3v) is 3.08. The second-order valence-corrected chi connectivity index (χ2v) is 4.10. The highest BCUT2D eigenvalue weighted by Gasteiger charge is 2.20. The van der Waals surface area contributed by atoms with Crippen molar-refractivity contribution in [1.82, 2.24) is 20.2 Å². The Kier molecular flexibility index (Phi) is 2.74. The number of aromatic nitrogens is 2. The number of nitrogens with zero attached hydrogens (tertiary/aromatic N) is 2. The molecule has 0 radical (unpaired) electrons. The van der Waals surface area contributed by atoms with Gasteiger partial charge >= 0.3 is 0 Å². The Morgan fingerprint density at radius 1 is 1.71 bits per heavy atom. The van der Waals surface area contributed by atoms with E-state index in [-0.39, 0.29) is 11.9 Å². The smallest absolute Gasteiger partial charge is 0.265 e. The zero-order valence-corrected chi connectivity index (χ0v) is 8.73. The van der Waals surface area contributed by atoms with Crippen LogP contribution in [0.3, 0.4) is 0 Å². The number of rotatable bonds is 2. The lowest BCUT2D eigenvalue weighted by Gasteiger charge is -2.09. The number of hydrogen-bond acceptors (Lipinski definition) is 5. The first-order valence-electron chi connectivity index (χ1n) is 4.58. The van der Waals surface area contributed by atoms with E-state index in [2.05, 4.69) is 20.2 Å². The summed E-state index contributed by atoms with van der Waals surface area (Å²) in [6, 6.07) is 0.254. The number of hydrogen-bond donors (Lipinski definition) is 2. The van der Waals surface area contributed by atoms with Gasteiger partial charge in [0.05, 0.1) is 5.69 Å². The first-order chi connectivity index (χ1) is 6.77. The highest BCUT2D eigenvalue weighted by atomic mass is 32.1. The molecule has 1 amide bonds. The topological polar surface area (TPSA) is 66.9 Å². The molecule has 1 aliphatic rings. The maximum Gasteiger partial charge on any atom is 0.265 e. The van der Waals surface area contributed by atoms with E-state index in [4.69, 9.17) is 0 Å². The number of nitrogens with one attached hydrogen (secondary N) is 2. The van der Waals surface area contributed by atoms with Crippen LogP contribution in [0.2, 0.25) is 0 Å². The minimum Gasteiger partial charge on any atom is -0.347 e. The van der Waals surface area contributed by atoms with E-state index in [0.717, 1.165) is 31.0 Å². The molecular weight excluding hydrogens is 200 g/mol. The Labute approximate surface area is 86.1 Å². The van der Waals surface area contributed by atoms with Crippen molar-refractivity contribution in [3.8, 4) is 0 Å². The van der Waals surface area contributed by atoms with Crippen molar-refractivity contribution in [2.24, 2.45) is 0 Å². The molecule has 0 aromatic carbocycles. The predicted molar refractivity (Wildman–Crippen MR) is 53.4 cm³/mol. The summed E-state index contributed by atoms with van der Waals surface area (Å²) in [5.41, 5.74) is 0.707. The van der Waals surface area contributed by atoms with Gasteiger partial charge in [-0.05, 0) is 31.4 Å². The second-order valence-electron chi connectivity index (χ2n) is 3.35. The third kappa shape index (κ3) is 1.91. The fourth-order valence-corrected chi connectivity index (χ4v) is 2.03. The van der Waals surface area contributed by atoms with Crippen LogP contribution in [0.5, 0.6) is 0 Å². The fraction of sp³-hybridized carbons (Fsp3) is 0.625. The molecule has 1 fully saturated rings. The van der Waals surface area contributed by atoms with E-state index in [9.17, 15) is 4.79 Å². The summed E-state index contributed by atoms with van der Waals surface area (Å²) in [5, 5.41) is 9.95. The molecule has 1 atom stereocenters. The van der Waals surface area contributed by atoms with Crippen LogP contribution in [0, 0.1) is 6.92 Å². The first-order valence-corrected chi connectivity index (χ1v) is 5.35. The molecule has 1 saturated heterocycles. The van der Waals surface area contributed by atoms with Crippen LogP contribution in [-0.4, -0.2) is 34.6 Å². The minimum absolute atomic E-state index is 0.0498. The van der Waals surface area contributed by atoms with Gasteiger partial charge in [0.2, 0.25) is 0 Å². The van der Waals surface area contributed by atoms with Gasteiger partial charge in [-0.15, -0.1) is 5.10 Å². The maximum atomic E-state index is 11.7. The summed E-state index contributed by atoms with van der Waals surface area (Å²) in [6.45, 7) is 3.63. The highest BCUT2D eigenvalue weighted by molar-refractivity contribution is 7.07. The maximum absolute atomic E-state index is 11.7. The summed E-state index contributed by atoms with van der Waals surface area (Å²) in [5.74, 6) is -0.0498. The monoisotopic (exact) mass is 212 g/mol. The van der Waals surface area contributed by atoms with E-state index in [1.165, 1.54) is 0 Å². The van der Waals surface area contributed by atoms with Crippen LogP contribution in [0.1, 0.15) is 21.8 Å². The SMILES string of the molecule is Cc1nnsc1C(=O)NC1CCNC1. The van der Waals surface area contributed by atoms with E-state index < -0.39 is 0 Å². The van der Waals surface area contributed by atoms with Crippen molar-refractivity contribution in [3.05, 3.63) is 10.6 Å². The summed E-state index contributed by atoms with van der Waals surface area (Å²) in [4.78, 5) is 12.3. The Morgan fingerprint density at radius 3 is 3.14 bits per heavy atom. The average Bonchev–Trinajstić information content (AvgIpc) is 2.75. The van der Waals surface area contributed by atoms with Gasteiger partial charge in [-0.2, -0.15) is 0 Å². The quantitative estimate of drug-likeness (QED) is 0.720. The van der Waals surface area contributed by atoms with Gasteiger partial charge in [-0.25, -0.2) is 0 Å². The van der Waals surface area contributed by atoms with E-state index in [0.29, 0.717) is 10.6 Å². The molecule has 2 heterocycles. The molecular formula is C8H12N4OS. The molecule has 76 valence electrons. The molecule has 0 bridgehead atoms. The second kappa shape index (κ2) is 4.02. The molecule has 1 aromatic rings. The van der Waals surface area contributed by atoms with E-state index in [1.54, 1.807) is 6.92 Å². The summed E-state index contributed by atoms with van der Waals surface area (Å²) in [7, 11) is 0.